The molecule has 2 aromatic rings. The van der Waals surface area contributed by atoms with Crippen LogP contribution < -0.4 is 5.90 Å². The molecule has 0 aliphatic heterocycles. The van der Waals surface area contributed by atoms with E-state index in [1.807, 2.05) is 47.2 Å². The third kappa shape index (κ3) is 5.05. The van der Waals surface area contributed by atoms with Crippen molar-refractivity contribution in [2.45, 2.75) is 26.0 Å². The fourth-order valence-electron chi connectivity index (χ4n) is 2.19. The van der Waals surface area contributed by atoms with Crippen LogP contribution in [0.25, 0.3) is 5.57 Å². The molecular weight excluding hydrogens is 294 g/mol. The average molecular weight is 315 g/mol. The first-order valence-electron chi connectivity index (χ1n) is 7.47. The highest BCUT2D eigenvalue weighted by Crippen LogP contribution is 2.18. The Morgan fingerprint density at radius 1 is 1.39 bits per heavy atom. The van der Waals surface area contributed by atoms with Crippen LogP contribution in [0.3, 0.4) is 0 Å². The van der Waals surface area contributed by atoms with Crippen molar-refractivity contribution in [3.63, 3.8) is 0 Å². The Balaban J connectivity index is 2.17. The van der Waals surface area contributed by atoms with Gasteiger partial charge >= 0.3 is 5.97 Å². The van der Waals surface area contributed by atoms with Gasteiger partial charge in [0.2, 0.25) is 0 Å². The first-order chi connectivity index (χ1) is 11.2. The molecule has 6 heteroatoms. The van der Waals surface area contributed by atoms with E-state index in [0.717, 1.165) is 11.1 Å². The molecule has 2 rings (SSSR count). The summed E-state index contributed by atoms with van der Waals surface area (Å²) in [5.41, 5.74) is 2.12. The van der Waals surface area contributed by atoms with E-state index in [-0.39, 0.29) is 0 Å². The van der Waals surface area contributed by atoms with Gasteiger partial charge in [-0.3, -0.25) is 4.84 Å². The highest BCUT2D eigenvalue weighted by atomic mass is 16.6. The number of carbonyl (C=O) groups excluding carboxylic acids is 1. The normalized spacial score (nSPS) is 12.9. The minimum absolute atomic E-state index is 0.295. The van der Waals surface area contributed by atoms with E-state index in [1.165, 1.54) is 0 Å². The Morgan fingerprint density at radius 2 is 2.17 bits per heavy atom. The van der Waals surface area contributed by atoms with Crippen molar-refractivity contribution >= 4 is 11.5 Å². The van der Waals surface area contributed by atoms with Gasteiger partial charge in [-0.05, 0) is 18.1 Å². The lowest BCUT2D eigenvalue weighted by Gasteiger charge is -2.13. The van der Waals surface area contributed by atoms with E-state index < -0.39 is 12.1 Å². The van der Waals surface area contributed by atoms with Gasteiger partial charge in [0.05, 0.1) is 12.9 Å². The standard InChI is InChI=1S/C17H21N3O3/c1-2-22-17(21)16(23-18)9-8-15(12-20-11-10-19-13-20)14-6-4-3-5-7-14/h3-8,10-11,13,16H,2,9,12,18H2,1H3. The molecule has 23 heavy (non-hydrogen) atoms. The maximum absolute atomic E-state index is 11.8. The quantitative estimate of drug-likeness (QED) is 0.596. The van der Waals surface area contributed by atoms with Crippen LogP contribution in [0.15, 0.2) is 55.1 Å². The number of carbonyl (C=O) groups is 1. The van der Waals surface area contributed by atoms with E-state index in [9.17, 15) is 4.79 Å². The first-order valence-corrected chi connectivity index (χ1v) is 7.47. The highest BCUT2D eigenvalue weighted by molar-refractivity contribution is 5.75. The maximum Gasteiger partial charge on any atom is 0.337 e. The molecule has 0 fully saturated rings. The van der Waals surface area contributed by atoms with Crippen molar-refractivity contribution < 1.29 is 14.4 Å². The Bertz CT molecular complexity index is 624. The molecule has 0 spiro atoms. The molecule has 0 saturated carbocycles. The fourth-order valence-corrected chi connectivity index (χ4v) is 2.19. The van der Waals surface area contributed by atoms with E-state index in [0.29, 0.717) is 19.6 Å². The van der Waals surface area contributed by atoms with E-state index in [1.54, 1.807) is 19.4 Å². The van der Waals surface area contributed by atoms with Crippen LogP contribution in [0.4, 0.5) is 0 Å². The Labute approximate surface area is 135 Å². The van der Waals surface area contributed by atoms with Gasteiger partial charge in [0.15, 0.2) is 6.10 Å². The van der Waals surface area contributed by atoms with Gasteiger partial charge in [-0.2, -0.15) is 0 Å². The minimum atomic E-state index is -0.809. The molecule has 1 aromatic carbocycles. The highest BCUT2D eigenvalue weighted by Gasteiger charge is 2.19. The number of nitrogens with zero attached hydrogens (tertiary/aromatic N) is 2. The number of hydrogen-bond donors (Lipinski definition) is 1. The molecule has 0 aliphatic rings. The zero-order chi connectivity index (χ0) is 16.5. The van der Waals surface area contributed by atoms with E-state index in [2.05, 4.69) is 4.98 Å². The molecule has 0 saturated heterocycles. The number of allylic oxidation sites excluding steroid dienone is 1. The van der Waals surface area contributed by atoms with Crippen LogP contribution in [-0.4, -0.2) is 28.2 Å². The number of imidazole rings is 1. The predicted molar refractivity (Wildman–Crippen MR) is 87.0 cm³/mol. The van der Waals surface area contributed by atoms with Gasteiger partial charge in [-0.1, -0.05) is 36.4 Å². The van der Waals surface area contributed by atoms with Crippen LogP contribution in [-0.2, 0) is 20.9 Å². The summed E-state index contributed by atoms with van der Waals surface area (Å²) < 4.78 is 6.91. The molecule has 0 bridgehead atoms. The molecule has 0 amide bonds. The summed E-state index contributed by atoms with van der Waals surface area (Å²) in [5.74, 6) is 4.76. The van der Waals surface area contributed by atoms with Crippen molar-refractivity contribution in [3.05, 3.63) is 60.7 Å². The largest absolute Gasteiger partial charge is 0.464 e. The SMILES string of the molecule is CCOC(=O)C(CC=C(Cn1ccnc1)c1ccccc1)ON. The smallest absolute Gasteiger partial charge is 0.337 e. The molecule has 0 aliphatic carbocycles. The Morgan fingerprint density at radius 3 is 2.78 bits per heavy atom. The van der Waals surface area contributed by atoms with E-state index >= 15 is 0 Å². The molecule has 2 N–H and O–H groups in total. The summed E-state index contributed by atoms with van der Waals surface area (Å²) >= 11 is 0. The number of nitrogens with two attached hydrogens (primary N) is 1. The molecule has 0 radical (unpaired) electrons. The monoisotopic (exact) mass is 315 g/mol. The molecule has 6 nitrogen and oxygen atoms in total. The van der Waals surface area contributed by atoms with Gasteiger partial charge in [0, 0.05) is 25.4 Å². The fraction of sp³-hybridized carbons (Fsp3) is 0.294. The molecule has 1 atom stereocenters. The number of aromatic nitrogens is 2. The van der Waals surface area contributed by atoms with Gasteiger partial charge in [0.25, 0.3) is 0 Å². The van der Waals surface area contributed by atoms with Crippen LogP contribution >= 0.6 is 0 Å². The molecule has 122 valence electrons. The zero-order valence-electron chi connectivity index (χ0n) is 13.1. The lowest BCUT2D eigenvalue weighted by Crippen LogP contribution is -2.28. The molecule has 1 aromatic heterocycles. The average Bonchev–Trinajstić information content (AvgIpc) is 3.08. The predicted octanol–water partition coefficient (Wildman–Crippen LogP) is 2.18. The molecular formula is C17H21N3O3. The third-order valence-electron chi connectivity index (χ3n) is 3.35. The maximum atomic E-state index is 11.8. The number of esters is 1. The van der Waals surface area contributed by atoms with Crippen molar-refractivity contribution in [2.75, 3.05) is 6.61 Å². The number of hydrogen-bond acceptors (Lipinski definition) is 5. The van der Waals surface area contributed by atoms with Crippen LogP contribution in [0.1, 0.15) is 18.9 Å². The topological polar surface area (TPSA) is 79.4 Å². The van der Waals surface area contributed by atoms with Crippen molar-refractivity contribution in [1.29, 1.82) is 0 Å². The van der Waals surface area contributed by atoms with Crippen LogP contribution in [0, 0.1) is 0 Å². The second-order valence-electron chi connectivity index (χ2n) is 4.94. The number of ether oxygens (including phenoxy) is 1. The lowest BCUT2D eigenvalue weighted by molar-refractivity contribution is -0.156. The summed E-state index contributed by atoms with van der Waals surface area (Å²) in [7, 11) is 0. The van der Waals surface area contributed by atoms with Crippen LogP contribution in [0.5, 0.6) is 0 Å². The Hall–Kier alpha value is -2.44. The second-order valence-corrected chi connectivity index (χ2v) is 4.94. The van der Waals surface area contributed by atoms with E-state index in [4.69, 9.17) is 15.5 Å². The third-order valence-corrected chi connectivity index (χ3v) is 3.35. The van der Waals surface area contributed by atoms with Gasteiger partial charge in [-0.25, -0.2) is 15.7 Å². The summed E-state index contributed by atoms with van der Waals surface area (Å²) in [4.78, 5) is 20.6. The van der Waals surface area contributed by atoms with Gasteiger partial charge in [-0.15, -0.1) is 0 Å². The Kier molecular flexibility index (Phi) is 6.53. The summed E-state index contributed by atoms with van der Waals surface area (Å²) in [6, 6.07) is 9.94. The lowest BCUT2D eigenvalue weighted by atomic mass is 10.0. The molecule has 1 heterocycles. The summed E-state index contributed by atoms with van der Waals surface area (Å²) in [6.07, 6.45) is 6.85. The van der Waals surface area contributed by atoms with Crippen LogP contribution in [0.2, 0.25) is 0 Å². The first kappa shape index (κ1) is 16.9. The van der Waals surface area contributed by atoms with Crippen molar-refractivity contribution in [2.24, 2.45) is 5.90 Å². The number of benzene rings is 1. The van der Waals surface area contributed by atoms with Gasteiger partial charge in [0.1, 0.15) is 0 Å². The minimum Gasteiger partial charge on any atom is -0.464 e. The van der Waals surface area contributed by atoms with Gasteiger partial charge < -0.3 is 9.30 Å². The molecule has 1 unspecified atom stereocenters. The van der Waals surface area contributed by atoms with Crippen molar-refractivity contribution in [3.8, 4) is 0 Å². The second kappa shape index (κ2) is 8.87. The number of rotatable bonds is 8. The summed E-state index contributed by atoms with van der Waals surface area (Å²) in [6.45, 7) is 2.68. The zero-order valence-corrected chi connectivity index (χ0v) is 13.1. The summed E-state index contributed by atoms with van der Waals surface area (Å²) in [5, 5.41) is 0. The van der Waals surface area contributed by atoms with Crippen molar-refractivity contribution in [1.82, 2.24) is 9.55 Å².